The van der Waals surface area contributed by atoms with Crippen LogP contribution in [0.25, 0.3) is 6.08 Å². The highest BCUT2D eigenvalue weighted by Gasteiger charge is 2.03. The maximum atomic E-state index is 11.7. The summed E-state index contributed by atoms with van der Waals surface area (Å²) in [6.45, 7) is 2.48. The normalized spacial score (nSPS) is 11.5. The molecule has 0 saturated carbocycles. The van der Waals surface area contributed by atoms with Crippen molar-refractivity contribution < 1.29 is 19.2 Å². The van der Waals surface area contributed by atoms with Crippen molar-refractivity contribution >= 4 is 23.8 Å². The highest BCUT2D eigenvalue weighted by atomic mass is 16.7. The molecule has 1 aromatic carbocycles. The Morgan fingerprint density at radius 3 is 2.62 bits per heavy atom. The molecule has 0 atom stereocenters. The number of hydrogen-bond acceptors (Lipinski definition) is 6. The molecule has 0 radical (unpaired) electrons. The Morgan fingerprint density at radius 2 is 2.00 bits per heavy atom. The maximum absolute atomic E-state index is 11.7. The first-order valence-electron chi connectivity index (χ1n) is 7.74. The van der Waals surface area contributed by atoms with Crippen LogP contribution < -0.4 is 16.2 Å². The van der Waals surface area contributed by atoms with Gasteiger partial charge in [-0.2, -0.15) is 5.10 Å². The number of aromatic nitrogens is 2. The van der Waals surface area contributed by atoms with Gasteiger partial charge in [0.1, 0.15) is 5.75 Å². The molecule has 0 fully saturated rings. The molecule has 4 N–H and O–H groups in total. The molecule has 9 nitrogen and oxygen atoms in total. The Morgan fingerprint density at radius 1 is 1.27 bits per heavy atom. The van der Waals surface area contributed by atoms with Crippen molar-refractivity contribution in [3.05, 3.63) is 53.9 Å². The van der Waals surface area contributed by atoms with E-state index in [0.717, 1.165) is 12.1 Å². The summed E-state index contributed by atoms with van der Waals surface area (Å²) in [6, 6.07) is 6.40. The van der Waals surface area contributed by atoms with Crippen molar-refractivity contribution in [2.45, 2.75) is 13.5 Å². The van der Waals surface area contributed by atoms with Crippen LogP contribution in [-0.4, -0.2) is 34.1 Å². The van der Waals surface area contributed by atoms with Crippen LogP contribution in [0.4, 0.5) is 0 Å². The Balaban J connectivity index is 1.90. The number of nitrogens with zero attached hydrogens (tertiary/aromatic N) is 3. The van der Waals surface area contributed by atoms with Gasteiger partial charge >= 0.3 is 5.97 Å². The molecule has 0 unspecified atom stereocenters. The zero-order chi connectivity index (χ0) is 18.9. The Bertz CT molecular complexity index is 824. The van der Waals surface area contributed by atoms with E-state index < -0.39 is 11.9 Å². The summed E-state index contributed by atoms with van der Waals surface area (Å²) in [7, 11) is 0. The molecule has 1 aromatic heterocycles. The highest BCUT2D eigenvalue weighted by Crippen LogP contribution is 2.12. The summed E-state index contributed by atoms with van der Waals surface area (Å²) in [5, 5.41) is 7.68. The SMILES string of the molecule is CCn1cc(/C=C/C(=O)O/N=C(\N)c2ccc(OCC(N)=O)cc2)cn1. The average molecular weight is 357 g/mol. The average Bonchev–Trinajstić information content (AvgIpc) is 3.11. The molecule has 136 valence electrons. The van der Waals surface area contributed by atoms with Gasteiger partial charge in [-0.3, -0.25) is 9.48 Å². The van der Waals surface area contributed by atoms with Crippen LogP contribution in [0.3, 0.4) is 0 Å². The van der Waals surface area contributed by atoms with E-state index in [1.165, 1.54) is 6.08 Å². The number of amidine groups is 1. The largest absolute Gasteiger partial charge is 0.484 e. The Hall–Kier alpha value is -3.62. The molecular formula is C17H19N5O4. The number of rotatable bonds is 8. The van der Waals surface area contributed by atoms with Crippen LogP contribution in [-0.2, 0) is 21.0 Å². The fraction of sp³-hybridized carbons (Fsp3) is 0.176. The third kappa shape index (κ3) is 5.78. The second-order valence-electron chi connectivity index (χ2n) is 5.13. The molecule has 0 aliphatic carbocycles. The minimum absolute atomic E-state index is 0.0204. The minimum Gasteiger partial charge on any atom is -0.484 e. The molecule has 9 heteroatoms. The van der Waals surface area contributed by atoms with Crippen molar-refractivity contribution in [3.8, 4) is 5.75 Å². The number of carbonyl (C=O) groups excluding carboxylic acids is 2. The van der Waals surface area contributed by atoms with Crippen LogP contribution in [0.1, 0.15) is 18.1 Å². The standard InChI is InChI=1S/C17H19N5O4/c1-2-22-10-12(9-20-22)3-8-16(24)26-21-17(19)13-4-6-14(7-5-13)25-11-15(18)23/h3-10H,2,11H2,1H3,(H2,18,23)(H2,19,21)/b8-3+. The summed E-state index contributed by atoms with van der Waals surface area (Å²) >= 11 is 0. The van der Waals surface area contributed by atoms with Crippen molar-refractivity contribution in [1.29, 1.82) is 0 Å². The summed E-state index contributed by atoms with van der Waals surface area (Å²) < 4.78 is 6.86. The third-order valence-corrected chi connectivity index (χ3v) is 3.15. The number of aryl methyl sites for hydroxylation is 1. The van der Waals surface area contributed by atoms with E-state index in [9.17, 15) is 9.59 Å². The van der Waals surface area contributed by atoms with Gasteiger partial charge in [0.2, 0.25) is 0 Å². The first kappa shape index (κ1) is 18.7. The first-order chi connectivity index (χ1) is 12.5. The molecule has 1 amide bonds. The lowest BCUT2D eigenvalue weighted by molar-refractivity contribution is -0.137. The fourth-order valence-electron chi connectivity index (χ4n) is 1.86. The van der Waals surface area contributed by atoms with Crippen LogP contribution in [0, 0.1) is 0 Å². The van der Waals surface area contributed by atoms with Crippen molar-refractivity contribution in [2.24, 2.45) is 16.6 Å². The second kappa shape index (κ2) is 9.02. The lowest BCUT2D eigenvalue weighted by Gasteiger charge is -2.04. The predicted molar refractivity (Wildman–Crippen MR) is 94.9 cm³/mol. The number of nitrogens with two attached hydrogens (primary N) is 2. The topological polar surface area (TPSA) is 135 Å². The summed E-state index contributed by atoms with van der Waals surface area (Å²) in [5.74, 6) is -0.768. The van der Waals surface area contributed by atoms with Gasteiger partial charge in [0.15, 0.2) is 12.4 Å². The molecule has 1 heterocycles. The zero-order valence-corrected chi connectivity index (χ0v) is 14.2. The van der Waals surface area contributed by atoms with Crippen molar-refractivity contribution in [1.82, 2.24) is 9.78 Å². The van der Waals surface area contributed by atoms with E-state index in [4.69, 9.17) is 21.0 Å². The molecule has 0 aliphatic rings. The summed E-state index contributed by atoms with van der Waals surface area (Å²) in [5.41, 5.74) is 12.1. The van der Waals surface area contributed by atoms with Gasteiger partial charge in [0.05, 0.1) is 6.20 Å². The van der Waals surface area contributed by atoms with Crippen molar-refractivity contribution in [2.75, 3.05) is 6.61 Å². The van der Waals surface area contributed by atoms with Crippen LogP contribution in [0.5, 0.6) is 5.75 Å². The predicted octanol–water partition coefficient (Wildman–Crippen LogP) is 0.644. The maximum Gasteiger partial charge on any atom is 0.358 e. The lowest BCUT2D eigenvalue weighted by atomic mass is 10.2. The molecule has 0 spiro atoms. The smallest absolute Gasteiger partial charge is 0.358 e. The number of amides is 1. The quantitative estimate of drug-likeness (QED) is 0.234. The molecule has 26 heavy (non-hydrogen) atoms. The van der Waals surface area contributed by atoms with E-state index in [0.29, 0.717) is 11.3 Å². The van der Waals surface area contributed by atoms with E-state index in [2.05, 4.69) is 10.3 Å². The highest BCUT2D eigenvalue weighted by molar-refractivity contribution is 5.98. The number of benzene rings is 1. The zero-order valence-electron chi connectivity index (χ0n) is 14.2. The molecule has 2 rings (SSSR count). The number of ether oxygens (including phenoxy) is 1. The molecule has 0 saturated heterocycles. The van der Waals surface area contributed by atoms with Gasteiger partial charge in [0, 0.05) is 29.9 Å². The molecule has 2 aromatic rings. The van der Waals surface area contributed by atoms with E-state index in [1.807, 2.05) is 6.92 Å². The van der Waals surface area contributed by atoms with Gasteiger partial charge in [0.25, 0.3) is 5.91 Å². The summed E-state index contributed by atoms with van der Waals surface area (Å²) in [4.78, 5) is 27.1. The van der Waals surface area contributed by atoms with Gasteiger partial charge < -0.3 is 21.0 Å². The van der Waals surface area contributed by atoms with Gasteiger partial charge in [-0.15, -0.1) is 0 Å². The molecular weight excluding hydrogens is 338 g/mol. The number of hydrogen-bond donors (Lipinski definition) is 2. The molecule has 0 aliphatic heterocycles. The van der Waals surface area contributed by atoms with E-state index in [1.54, 1.807) is 47.4 Å². The Kier molecular flexibility index (Phi) is 6.49. The fourth-order valence-corrected chi connectivity index (χ4v) is 1.86. The van der Waals surface area contributed by atoms with Gasteiger partial charge in [-0.1, -0.05) is 5.16 Å². The van der Waals surface area contributed by atoms with Crippen LogP contribution in [0.15, 0.2) is 47.9 Å². The first-order valence-corrected chi connectivity index (χ1v) is 7.74. The minimum atomic E-state index is -0.668. The number of primary amides is 1. The third-order valence-electron chi connectivity index (χ3n) is 3.15. The monoisotopic (exact) mass is 357 g/mol. The van der Waals surface area contributed by atoms with Crippen molar-refractivity contribution in [3.63, 3.8) is 0 Å². The second-order valence-corrected chi connectivity index (χ2v) is 5.13. The number of carbonyl (C=O) groups is 2. The lowest BCUT2D eigenvalue weighted by Crippen LogP contribution is -2.20. The van der Waals surface area contributed by atoms with E-state index in [-0.39, 0.29) is 12.4 Å². The molecule has 0 bridgehead atoms. The van der Waals surface area contributed by atoms with Crippen LogP contribution in [0.2, 0.25) is 0 Å². The van der Waals surface area contributed by atoms with Gasteiger partial charge in [-0.05, 0) is 37.3 Å². The number of oxime groups is 1. The summed E-state index contributed by atoms with van der Waals surface area (Å²) in [6.07, 6.45) is 6.22. The Labute approximate surface area is 149 Å². The van der Waals surface area contributed by atoms with Crippen LogP contribution >= 0.6 is 0 Å². The van der Waals surface area contributed by atoms with E-state index >= 15 is 0 Å². The van der Waals surface area contributed by atoms with Gasteiger partial charge in [-0.25, -0.2) is 4.79 Å².